The predicted molar refractivity (Wildman–Crippen MR) is 335 cm³/mol. The molecule has 2 aliphatic rings. The van der Waals surface area contributed by atoms with Gasteiger partial charge in [-0.05, 0) is 51.3 Å². The Morgan fingerprint density at radius 3 is 1.60 bits per heavy atom. The summed E-state index contributed by atoms with van der Waals surface area (Å²) in [6.07, 6.45) is 29.1. The molecule has 2 saturated heterocycles. The average Bonchev–Trinajstić information content (AvgIpc) is 0.932. The molecule has 3 unspecified atom stereocenters. The quantitative estimate of drug-likeness (QED) is 0.0188. The van der Waals surface area contributed by atoms with Crippen LogP contribution in [-0.2, 0) is 56.6 Å². The van der Waals surface area contributed by atoms with Gasteiger partial charge < -0.3 is 68.3 Å². The lowest BCUT2D eigenvalue weighted by Crippen LogP contribution is -2.69. The Balaban J connectivity index is 2.46. The van der Waals surface area contributed by atoms with Crippen LogP contribution in [0.5, 0.6) is 0 Å². The van der Waals surface area contributed by atoms with Gasteiger partial charge in [-0.25, -0.2) is 9.36 Å². The molecule has 2 fully saturated rings. The number of ether oxygens (including phenoxy) is 8. The van der Waals surface area contributed by atoms with Crippen molar-refractivity contribution in [3.05, 3.63) is 12.2 Å². The fourth-order valence-corrected chi connectivity index (χ4v) is 11.8. The molecule has 0 aromatic rings. The van der Waals surface area contributed by atoms with Gasteiger partial charge in [0.05, 0.1) is 27.8 Å². The lowest BCUT2D eigenvalue weighted by Gasteiger charge is -2.50. The molecule has 0 spiro atoms. The Kier molecular flexibility index (Phi) is 46.5. The van der Waals surface area contributed by atoms with Gasteiger partial charge in [0.25, 0.3) is 0 Å². The third-order valence-electron chi connectivity index (χ3n) is 16.2. The lowest BCUT2D eigenvalue weighted by atomic mass is 9.82. The molecular formula is C66H126NO17P. The fourth-order valence-electron chi connectivity index (χ4n) is 11.2. The molecule has 0 aliphatic carbocycles. The highest BCUT2D eigenvalue weighted by molar-refractivity contribution is 7.46. The van der Waals surface area contributed by atoms with Gasteiger partial charge in [-0.15, -0.1) is 0 Å². The summed E-state index contributed by atoms with van der Waals surface area (Å²) < 4.78 is 85.8. The van der Waals surface area contributed by atoms with Crippen molar-refractivity contribution < 1.29 is 84.4 Å². The van der Waals surface area contributed by atoms with Crippen molar-refractivity contribution in [3.8, 4) is 0 Å². The molecule has 2 rings (SSSR count). The number of nitrogens with one attached hydrogen (secondary N) is 1. The van der Waals surface area contributed by atoms with Crippen LogP contribution in [0.2, 0.25) is 0 Å². The van der Waals surface area contributed by atoms with Crippen LogP contribution in [-0.4, -0.2) is 151 Å². The molecule has 2 aliphatic heterocycles. The number of aliphatic hydroxyl groups is 2. The Morgan fingerprint density at radius 2 is 1.07 bits per heavy atom. The van der Waals surface area contributed by atoms with Crippen molar-refractivity contribution >= 4 is 19.7 Å². The van der Waals surface area contributed by atoms with E-state index >= 15 is 0 Å². The molecule has 0 saturated carbocycles. The highest BCUT2D eigenvalue weighted by Gasteiger charge is 2.57. The Labute approximate surface area is 518 Å². The zero-order valence-corrected chi connectivity index (χ0v) is 54.8. The van der Waals surface area contributed by atoms with E-state index in [1.54, 1.807) is 0 Å². The van der Waals surface area contributed by atoms with E-state index in [0.29, 0.717) is 25.9 Å². The van der Waals surface area contributed by atoms with Crippen LogP contribution in [0.25, 0.3) is 0 Å². The Morgan fingerprint density at radius 1 is 0.576 bits per heavy atom. The van der Waals surface area contributed by atoms with E-state index in [2.05, 4.69) is 45.2 Å². The van der Waals surface area contributed by atoms with Crippen LogP contribution in [0.15, 0.2) is 12.2 Å². The van der Waals surface area contributed by atoms with Crippen molar-refractivity contribution in [3.63, 3.8) is 0 Å². The SMILES string of the molecule is [2H]C(CCCCCCCCCCC)O[C@H]1[C@H](O)[C@@H](CO[C@@H]2O[C@H](COC)[C@@H](OP(=O)(O)O)[C@H](OCCOCCCCCCC)[C@H]2NC(=O)CCCCCCCCC/C=C\CCCCCC)OC(OCC(=O)O)[C@@]1(O)C([2H])CCCCCCCCCCC. The van der Waals surface area contributed by atoms with Gasteiger partial charge in [-0.1, -0.05) is 239 Å². The van der Waals surface area contributed by atoms with Gasteiger partial charge in [0.1, 0.15) is 54.9 Å². The van der Waals surface area contributed by atoms with E-state index in [-0.39, 0.29) is 39.1 Å². The maximum Gasteiger partial charge on any atom is 0.470 e. The monoisotopic (exact) mass is 1240 g/mol. The molecule has 12 atom stereocenters. The van der Waals surface area contributed by atoms with E-state index in [9.17, 15) is 40.6 Å². The second-order valence-electron chi connectivity index (χ2n) is 23.9. The molecule has 6 N–H and O–H groups in total. The molecule has 1 amide bonds. The van der Waals surface area contributed by atoms with Crippen LogP contribution in [0.4, 0.5) is 0 Å². The van der Waals surface area contributed by atoms with Gasteiger partial charge in [0.2, 0.25) is 5.91 Å². The fraction of sp³-hybridized carbons (Fsp3) is 0.939. The number of carboxylic acids is 1. The summed E-state index contributed by atoms with van der Waals surface area (Å²) >= 11 is 0. The third-order valence-corrected chi connectivity index (χ3v) is 16.7. The average molecular weight is 1240 g/mol. The zero-order chi connectivity index (χ0) is 63.8. The first kappa shape index (κ1) is 75.8. The van der Waals surface area contributed by atoms with E-state index in [4.69, 9.17) is 43.8 Å². The summed E-state index contributed by atoms with van der Waals surface area (Å²) in [7, 11) is -3.87. The van der Waals surface area contributed by atoms with Crippen LogP contribution in [0.1, 0.15) is 287 Å². The van der Waals surface area contributed by atoms with Gasteiger partial charge >= 0.3 is 13.8 Å². The number of phosphoric acid groups is 1. The number of carbonyl (C=O) groups excluding carboxylic acids is 1. The first-order chi connectivity index (χ1) is 42.1. The molecule has 0 radical (unpaired) electrons. The van der Waals surface area contributed by atoms with E-state index in [1.165, 1.54) is 71.3 Å². The minimum absolute atomic E-state index is 0.0693. The van der Waals surface area contributed by atoms with Crippen molar-refractivity contribution in [1.29, 1.82) is 0 Å². The summed E-state index contributed by atoms with van der Waals surface area (Å²) in [5.41, 5.74) is -2.46. The standard InChI is InChI=1S/C66H126NO17P/c1-6-10-14-18-21-24-27-28-29-30-31-32-35-38-42-46-57(68)67-59-62(78-51-50-77-48-44-40-17-13-9-4)61(84-85(73,74)75)56(52-76-5)82-64(59)80-53-55-60(71)63(79-49-45-41-37-34-26-23-20-16-12-8-3)66(72,65(83-55)81-54-58(69)70)47-43-39-36-33-25-22-19-15-11-7-2/h24,27,55-56,59-65,71-72H,6-23,25-26,28-54H2,1-5H3,(H,67,68)(H,69,70)(H2,73,74,75)/b27-24-/t55-,56-,59-,60-,61-,62-,63+,64-,65?,66-/m1/s1/i47D,49D/t47?,49?,55-,56-,59-,60-,61-,62-,63+,64-,65?,66-. The molecular weight excluding hydrogens is 1110 g/mol. The van der Waals surface area contributed by atoms with Gasteiger partial charge in [-0.2, -0.15) is 0 Å². The zero-order valence-electron chi connectivity index (χ0n) is 55.9. The highest BCUT2D eigenvalue weighted by Crippen LogP contribution is 2.43. The second-order valence-corrected chi connectivity index (χ2v) is 25.1. The molecule has 0 aromatic heterocycles. The summed E-state index contributed by atoms with van der Waals surface area (Å²) in [6.45, 7) is 6.22. The molecule has 502 valence electrons. The molecule has 85 heavy (non-hydrogen) atoms. The first-order valence-corrected chi connectivity index (χ1v) is 35.6. The maximum atomic E-state index is 14.1. The molecule has 18 nitrogen and oxygen atoms in total. The van der Waals surface area contributed by atoms with Crippen molar-refractivity contribution in [1.82, 2.24) is 5.32 Å². The molecule has 19 heteroatoms. The van der Waals surface area contributed by atoms with E-state index in [0.717, 1.165) is 148 Å². The van der Waals surface area contributed by atoms with E-state index in [1.807, 2.05) is 0 Å². The van der Waals surface area contributed by atoms with Crippen LogP contribution < -0.4 is 5.32 Å². The number of carboxylic acid groups (broad SMARTS) is 1. The smallest absolute Gasteiger partial charge is 0.470 e. The number of carbonyl (C=O) groups is 2. The number of phosphoric ester groups is 1. The van der Waals surface area contributed by atoms with Crippen LogP contribution in [0, 0.1) is 0 Å². The summed E-state index contributed by atoms with van der Waals surface area (Å²) in [5.74, 6) is -1.79. The third kappa shape index (κ3) is 38.0. The van der Waals surface area contributed by atoms with Crippen LogP contribution >= 0.6 is 7.82 Å². The van der Waals surface area contributed by atoms with E-state index < -0.39 is 107 Å². The number of rotatable bonds is 59. The lowest BCUT2D eigenvalue weighted by molar-refractivity contribution is -0.356. The number of unbranched alkanes of at least 4 members (excludes halogenated alkanes) is 31. The number of methoxy groups -OCH3 is 1. The van der Waals surface area contributed by atoms with Gasteiger partial charge in [-0.3, -0.25) is 9.32 Å². The second kappa shape index (κ2) is 52.1. The highest BCUT2D eigenvalue weighted by atomic mass is 31.2. The maximum absolute atomic E-state index is 14.1. The Hall–Kier alpha value is -1.61. The topological polar surface area (TPSA) is 247 Å². The van der Waals surface area contributed by atoms with Crippen LogP contribution in [0.3, 0.4) is 0 Å². The van der Waals surface area contributed by atoms with Gasteiger partial charge in [0.15, 0.2) is 12.6 Å². The summed E-state index contributed by atoms with van der Waals surface area (Å²) in [4.78, 5) is 46.8. The Bertz CT molecular complexity index is 1740. The molecule has 2 heterocycles. The van der Waals surface area contributed by atoms with Crippen molar-refractivity contribution in [2.45, 2.75) is 345 Å². The minimum Gasteiger partial charge on any atom is -0.480 e. The summed E-state index contributed by atoms with van der Waals surface area (Å²) in [6, 6.07) is -1.30. The van der Waals surface area contributed by atoms with Crippen molar-refractivity contribution in [2.24, 2.45) is 0 Å². The molecule has 0 bridgehead atoms. The number of hydrogen-bond donors (Lipinski definition) is 6. The first-order valence-electron chi connectivity index (χ1n) is 35.3. The largest absolute Gasteiger partial charge is 0.480 e. The number of aliphatic carboxylic acids is 1. The minimum atomic E-state index is -5.24. The number of allylic oxidation sites excluding steroid dienone is 2. The predicted octanol–water partition coefficient (Wildman–Crippen LogP) is 14.3. The number of hydrogen-bond acceptors (Lipinski definition) is 14. The normalized spacial score (nSPS) is 24.8. The summed E-state index contributed by atoms with van der Waals surface area (Å²) in [5, 5.41) is 38.1. The molecule has 0 aromatic carbocycles. The van der Waals surface area contributed by atoms with Gasteiger partial charge in [0, 0.05) is 28.1 Å². The van der Waals surface area contributed by atoms with Crippen molar-refractivity contribution in [2.75, 3.05) is 53.3 Å². The number of amides is 1. The number of aliphatic hydroxyl groups excluding tert-OH is 1.